The number of piperidine rings is 1. The van der Waals surface area contributed by atoms with E-state index in [-0.39, 0.29) is 12.1 Å². The molecule has 0 bridgehead atoms. The van der Waals surface area contributed by atoms with Crippen LogP contribution in [-0.4, -0.2) is 48.3 Å². The highest BCUT2D eigenvalue weighted by molar-refractivity contribution is 4.86. The molecule has 0 aromatic carbocycles. The van der Waals surface area contributed by atoms with Crippen molar-refractivity contribution >= 4 is 0 Å². The van der Waals surface area contributed by atoms with E-state index in [2.05, 4.69) is 31.0 Å². The van der Waals surface area contributed by atoms with Crippen molar-refractivity contribution in [2.24, 2.45) is 5.92 Å². The Kier molecular flexibility index (Phi) is 6.61. The number of hydrogen-bond donors (Lipinski definition) is 2. The van der Waals surface area contributed by atoms with Gasteiger partial charge in [-0.25, -0.2) is 0 Å². The van der Waals surface area contributed by atoms with Gasteiger partial charge in [-0.1, -0.05) is 13.8 Å². The van der Waals surface area contributed by atoms with Crippen molar-refractivity contribution in [2.75, 3.05) is 26.7 Å². The van der Waals surface area contributed by atoms with Crippen LogP contribution in [0.1, 0.15) is 52.9 Å². The minimum Gasteiger partial charge on any atom is -0.394 e. The summed E-state index contributed by atoms with van der Waals surface area (Å²) in [4.78, 5) is 2.63. The molecule has 0 aliphatic carbocycles. The van der Waals surface area contributed by atoms with Gasteiger partial charge < -0.3 is 15.3 Å². The third kappa shape index (κ3) is 3.94. The number of nitrogens with one attached hydrogen (secondary N) is 1. The van der Waals surface area contributed by atoms with E-state index in [0.29, 0.717) is 0 Å². The predicted molar refractivity (Wildman–Crippen MR) is 77.8 cm³/mol. The maximum atomic E-state index is 9.53. The zero-order valence-electron chi connectivity index (χ0n) is 12.7. The smallest absolute Gasteiger partial charge is 0.0613 e. The normalized spacial score (nSPS) is 29.2. The molecule has 0 radical (unpaired) electrons. The van der Waals surface area contributed by atoms with Crippen LogP contribution in [-0.2, 0) is 0 Å². The number of likely N-dealkylation sites (tertiary alicyclic amines) is 1. The highest BCUT2D eigenvalue weighted by atomic mass is 16.3. The lowest BCUT2D eigenvalue weighted by molar-refractivity contribution is 0.1000. The fourth-order valence-corrected chi connectivity index (χ4v) is 3.11. The number of rotatable bonds is 7. The largest absolute Gasteiger partial charge is 0.394 e. The Labute approximate surface area is 113 Å². The van der Waals surface area contributed by atoms with Gasteiger partial charge in [0, 0.05) is 11.6 Å². The number of likely N-dealkylation sites (N-methyl/N-ethyl adjacent to an activating group) is 1. The molecule has 0 aromatic heterocycles. The van der Waals surface area contributed by atoms with E-state index in [0.717, 1.165) is 24.8 Å². The second-order valence-electron chi connectivity index (χ2n) is 6.04. The van der Waals surface area contributed by atoms with Gasteiger partial charge in [0.1, 0.15) is 0 Å². The van der Waals surface area contributed by atoms with E-state index >= 15 is 0 Å². The minimum absolute atomic E-state index is 0.0648. The summed E-state index contributed by atoms with van der Waals surface area (Å²) in [5, 5.41) is 12.8. The van der Waals surface area contributed by atoms with Crippen LogP contribution < -0.4 is 5.32 Å². The quantitative estimate of drug-likeness (QED) is 0.733. The number of nitrogens with zero attached hydrogens (tertiary/aromatic N) is 1. The molecule has 1 heterocycles. The molecule has 1 saturated heterocycles. The Balaban J connectivity index is 2.36. The van der Waals surface area contributed by atoms with Gasteiger partial charge in [0.25, 0.3) is 0 Å². The second-order valence-corrected chi connectivity index (χ2v) is 6.04. The van der Waals surface area contributed by atoms with Gasteiger partial charge in [-0.05, 0) is 65.1 Å². The summed E-state index contributed by atoms with van der Waals surface area (Å²) >= 11 is 0. The second kappa shape index (κ2) is 7.46. The molecule has 0 saturated carbocycles. The number of aliphatic hydroxyl groups excluding tert-OH is 1. The van der Waals surface area contributed by atoms with E-state index in [1.165, 1.54) is 32.4 Å². The van der Waals surface area contributed by atoms with E-state index in [1.807, 2.05) is 7.05 Å². The zero-order valence-corrected chi connectivity index (χ0v) is 12.7. The first-order chi connectivity index (χ1) is 8.58. The molecule has 3 atom stereocenters. The number of hydrogen-bond acceptors (Lipinski definition) is 3. The van der Waals surface area contributed by atoms with Crippen molar-refractivity contribution in [3.63, 3.8) is 0 Å². The Morgan fingerprint density at radius 1 is 1.39 bits per heavy atom. The Hall–Kier alpha value is -0.120. The van der Waals surface area contributed by atoms with E-state index in [9.17, 15) is 5.11 Å². The molecule has 108 valence electrons. The molecule has 1 fully saturated rings. The first-order valence-corrected chi connectivity index (χ1v) is 7.62. The van der Waals surface area contributed by atoms with Gasteiger partial charge in [0.05, 0.1) is 6.61 Å². The molecule has 0 aromatic rings. The van der Waals surface area contributed by atoms with Crippen molar-refractivity contribution in [1.82, 2.24) is 10.2 Å². The van der Waals surface area contributed by atoms with E-state index < -0.39 is 0 Å². The summed E-state index contributed by atoms with van der Waals surface area (Å²) in [5.74, 6) is 0.830. The first-order valence-electron chi connectivity index (χ1n) is 7.62. The zero-order chi connectivity index (χ0) is 13.6. The summed E-state index contributed by atoms with van der Waals surface area (Å²) < 4.78 is 0. The van der Waals surface area contributed by atoms with Crippen LogP contribution in [0, 0.1) is 5.92 Å². The maximum absolute atomic E-state index is 9.53. The van der Waals surface area contributed by atoms with Crippen LogP contribution in [0.15, 0.2) is 0 Å². The fraction of sp³-hybridized carbons (Fsp3) is 1.00. The SMILES string of the molecule is CCC(CO)(CCCN1CCCC(C)C1C)NC. The summed E-state index contributed by atoms with van der Waals surface area (Å²) in [6.07, 6.45) is 5.95. The molecular weight excluding hydrogens is 224 g/mol. The van der Waals surface area contributed by atoms with Gasteiger partial charge in [-0.2, -0.15) is 0 Å². The lowest BCUT2D eigenvalue weighted by Gasteiger charge is -2.39. The Bertz CT molecular complexity index is 220. The number of aliphatic hydroxyl groups is 1. The lowest BCUT2D eigenvalue weighted by atomic mass is 9.89. The highest BCUT2D eigenvalue weighted by Gasteiger charge is 2.27. The van der Waals surface area contributed by atoms with Gasteiger partial charge in [-0.15, -0.1) is 0 Å². The van der Waals surface area contributed by atoms with Gasteiger partial charge >= 0.3 is 0 Å². The monoisotopic (exact) mass is 256 g/mol. The summed E-state index contributed by atoms with van der Waals surface area (Å²) in [5.41, 5.74) is -0.0648. The van der Waals surface area contributed by atoms with E-state index in [4.69, 9.17) is 0 Å². The maximum Gasteiger partial charge on any atom is 0.0613 e. The summed E-state index contributed by atoms with van der Waals surface area (Å²) in [6.45, 7) is 9.55. The van der Waals surface area contributed by atoms with Crippen LogP contribution in [0.3, 0.4) is 0 Å². The van der Waals surface area contributed by atoms with Crippen molar-refractivity contribution in [2.45, 2.75) is 64.5 Å². The minimum atomic E-state index is -0.0648. The molecule has 0 spiro atoms. The third-order valence-electron chi connectivity index (χ3n) is 5.11. The highest BCUT2D eigenvalue weighted by Crippen LogP contribution is 2.24. The van der Waals surface area contributed by atoms with E-state index in [1.54, 1.807) is 0 Å². The standard InChI is InChI=1S/C15H32N2O/c1-5-15(12-18,16-4)9-7-11-17-10-6-8-13(2)14(17)3/h13-14,16,18H,5-12H2,1-4H3. The topological polar surface area (TPSA) is 35.5 Å². The van der Waals surface area contributed by atoms with Crippen molar-refractivity contribution in [3.05, 3.63) is 0 Å². The molecule has 1 aliphatic heterocycles. The Morgan fingerprint density at radius 3 is 2.67 bits per heavy atom. The third-order valence-corrected chi connectivity index (χ3v) is 5.11. The van der Waals surface area contributed by atoms with Crippen LogP contribution in [0.25, 0.3) is 0 Å². The van der Waals surface area contributed by atoms with Gasteiger partial charge in [0.15, 0.2) is 0 Å². The molecule has 0 amide bonds. The predicted octanol–water partition coefficient (Wildman–Crippen LogP) is 2.25. The molecule has 3 unspecified atom stereocenters. The van der Waals surface area contributed by atoms with Crippen molar-refractivity contribution < 1.29 is 5.11 Å². The summed E-state index contributed by atoms with van der Waals surface area (Å²) in [7, 11) is 1.96. The average molecular weight is 256 g/mol. The van der Waals surface area contributed by atoms with Crippen LogP contribution in [0.2, 0.25) is 0 Å². The molecule has 3 heteroatoms. The lowest BCUT2D eigenvalue weighted by Crippen LogP contribution is -2.47. The molecule has 2 N–H and O–H groups in total. The van der Waals surface area contributed by atoms with Crippen molar-refractivity contribution in [3.8, 4) is 0 Å². The fourth-order valence-electron chi connectivity index (χ4n) is 3.11. The molecule has 1 rings (SSSR count). The van der Waals surface area contributed by atoms with Gasteiger partial charge in [-0.3, -0.25) is 0 Å². The molecule has 3 nitrogen and oxygen atoms in total. The summed E-state index contributed by atoms with van der Waals surface area (Å²) in [6, 6.07) is 0.721. The van der Waals surface area contributed by atoms with Gasteiger partial charge in [0.2, 0.25) is 0 Å². The molecule has 18 heavy (non-hydrogen) atoms. The van der Waals surface area contributed by atoms with Crippen LogP contribution >= 0.6 is 0 Å². The molecule has 1 aliphatic rings. The average Bonchev–Trinajstić information content (AvgIpc) is 2.40. The van der Waals surface area contributed by atoms with Crippen molar-refractivity contribution in [1.29, 1.82) is 0 Å². The van der Waals surface area contributed by atoms with Crippen LogP contribution in [0.5, 0.6) is 0 Å². The van der Waals surface area contributed by atoms with Crippen LogP contribution in [0.4, 0.5) is 0 Å². The Morgan fingerprint density at radius 2 is 2.11 bits per heavy atom. The molecular formula is C15H32N2O. The first kappa shape index (κ1) is 15.9.